The van der Waals surface area contributed by atoms with Gasteiger partial charge in [-0.2, -0.15) is 0 Å². The molecule has 1 amide bonds. The number of carboxylic acids is 1. The van der Waals surface area contributed by atoms with E-state index in [1.54, 1.807) is 37.1 Å². The molecule has 2 rings (SSSR count). The second-order valence-corrected chi connectivity index (χ2v) is 6.54. The lowest BCUT2D eigenvalue weighted by atomic mass is 10.0. The maximum absolute atomic E-state index is 12.9. The lowest BCUT2D eigenvalue weighted by Gasteiger charge is -2.24. The van der Waals surface area contributed by atoms with Crippen molar-refractivity contribution in [2.45, 2.75) is 33.2 Å². The second kappa shape index (κ2) is 7.55. The molecule has 1 saturated heterocycles. The number of likely N-dealkylation sites (tertiary alicyclic amines) is 1. The van der Waals surface area contributed by atoms with E-state index in [9.17, 15) is 14.7 Å². The van der Waals surface area contributed by atoms with Crippen LogP contribution in [0.15, 0.2) is 18.2 Å². The number of benzene rings is 1. The predicted molar refractivity (Wildman–Crippen MR) is 89.6 cm³/mol. The summed E-state index contributed by atoms with van der Waals surface area (Å²) >= 11 is 0. The summed E-state index contributed by atoms with van der Waals surface area (Å²) in [5.74, 6) is -0.174. The Kier molecular flexibility index (Phi) is 5.70. The van der Waals surface area contributed by atoms with Crippen LogP contribution in [-0.2, 0) is 4.79 Å². The normalized spacial score (nSPS) is 20.3. The summed E-state index contributed by atoms with van der Waals surface area (Å²) in [6.45, 7) is 6.76. The van der Waals surface area contributed by atoms with Gasteiger partial charge in [-0.05, 0) is 31.4 Å². The predicted octanol–water partition coefficient (Wildman–Crippen LogP) is 2.67. The molecular weight excluding hydrogens is 310 g/mol. The van der Waals surface area contributed by atoms with Gasteiger partial charge in [-0.3, -0.25) is 9.59 Å². The van der Waals surface area contributed by atoms with Crippen molar-refractivity contribution in [3.8, 4) is 11.5 Å². The molecule has 0 saturated carbocycles. The summed E-state index contributed by atoms with van der Waals surface area (Å²) in [5, 5.41) is 9.24. The van der Waals surface area contributed by atoms with Crippen molar-refractivity contribution >= 4 is 11.9 Å². The van der Waals surface area contributed by atoms with E-state index in [0.717, 1.165) is 0 Å². The van der Waals surface area contributed by atoms with Crippen molar-refractivity contribution in [1.82, 2.24) is 4.90 Å². The Hall–Kier alpha value is -2.24. The Balaban J connectivity index is 2.26. The van der Waals surface area contributed by atoms with Crippen molar-refractivity contribution in [1.29, 1.82) is 0 Å². The number of carbonyl (C=O) groups is 2. The molecule has 0 radical (unpaired) electrons. The third kappa shape index (κ3) is 3.80. The van der Waals surface area contributed by atoms with Crippen LogP contribution in [0.25, 0.3) is 0 Å². The first kappa shape index (κ1) is 18.1. The van der Waals surface area contributed by atoms with Crippen LogP contribution in [0.4, 0.5) is 0 Å². The lowest BCUT2D eigenvalue weighted by Crippen LogP contribution is -2.37. The van der Waals surface area contributed by atoms with E-state index >= 15 is 0 Å². The number of hydrogen-bond donors (Lipinski definition) is 1. The van der Waals surface area contributed by atoms with Crippen molar-refractivity contribution in [2.24, 2.45) is 11.8 Å². The van der Waals surface area contributed by atoms with Crippen LogP contribution in [0.5, 0.6) is 11.5 Å². The zero-order valence-corrected chi connectivity index (χ0v) is 14.6. The Bertz CT molecular complexity index is 613. The van der Waals surface area contributed by atoms with Crippen LogP contribution in [0.2, 0.25) is 0 Å². The fourth-order valence-electron chi connectivity index (χ4n) is 2.89. The van der Waals surface area contributed by atoms with E-state index in [1.165, 1.54) is 0 Å². The number of rotatable bonds is 6. The molecule has 2 atom stereocenters. The van der Waals surface area contributed by atoms with Gasteiger partial charge in [0.2, 0.25) is 0 Å². The van der Waals surface area contributed by atoms with Crippen LogP contribution in [0.3, 0.4) is 0 Å². The average molecular weight is 335 g/mol. The Morgan fingerprint density at radius 2 is 2.08 bits per heavy atom. The summed E-state index contributed by atoms with van der Waals surface area (Å²) in [6, 6.07) is 4.75. The summed E-state index contributed by atoms with van der Waals surface area (Å²) in [7, 11) is 1.56. The molecule has 2 unspecified atom stereocenters. The number of methoxy groups -OCH3 is 1. The van der Waals surface area contributed by atoms with E-state index in [0.29, 0.717) is 42.6 Å². The minimum absolute atomic E-state index is 0.201. The second-order valence-electron chi connectivity index (χ2n) is 6.54. The van der Waals surface area contributed by atoms with Gasteiger partial charge in [0.25, 0.3) is 5.91 Å². The molecule has 6 nitrogen and oxygen atoms in total. The molecule has 1 aromatic carbocycles. The molecule has 1 aliphatic heterocycles. The quantitative estimate of drug-likeness (QED) is 0.865. The highest BCUT2D eigenvalue weighted by atomic mass is 16.5. The summed E-state index contributed by atoms with van der Waals surface area (Å²) in [4.78, 5) is 25.8. The summed E-state index contributed by atoms with van der Waals surface area (Å²) < 4.78 is 11.0. The molecule has 1 heterocycles. The van der Waals surface area contributed by atoms with Crippen LogP contribution >= 0.6 is 0 Å². The van der Waals surface area contributed by atoms with Gasteiger partial charge < -0.3 is 19.5 Å². The molecular formula is C18H25NO5. The molecule has 1 aliphatic rings. The van der Waals surface area contributed by atoms with Gasteiger partial charge in [-0.15, -0.1) is 0 Å². The third-order valence-electron chi connectivity index (χ3n) is 4.32. The zero-order valence-electron chi connectivity index (χ0n) is 14.6. The van der Waals surface area contributed by atoms with Crippen LogP contribution in [-0.4, -0.2) is 48.2 Å². The Morgan fingerprint density at radius 1 is 1.38 bits per heavy atom. The molecule has 1 fully saturated rings. The van der Waals surface area contributed by atoms with Crippen molar-refractivity contribution in [3.63, 3.8) is 0 Å². The van der Waals surface area contributed by atoms with Crippen molar-refractivity contribution < 1.29 is 24.2 Å². The molecule has 0 bridgehead atoms. The van der Waals surface area contributed by atoms with Crippen LogP contribution in [0.1, 0.15) is 37.6 Å². The lowest BCUT2D eigenvalue weighted by molar-refractivity contribution is -0.142. The molecule has 1 aromatic rings. The van der Waals surface area contributed by atoms with Gasteiger partial charge in [0.05, 0.1) is 25.2 Å². The average Bonchev–Trinajstić information content (AvgIpc) is 2.93. The van der Waals surface area contributed by atoms with Gasteiger partial charge in [0.1, 0.15) is 11.5 Å². The summed E-state index contributed by atoms with van der Waals surface area (Å²) in [6.07, 6.45) is 0.473. The number of carboxylic acid groups (broad SMARTS) is 1. The standard InChI is InChI=1S/C18H25NO5/c1-11(2)10-24-16-9-13(23-4)5-6-15(16)17(20)19-8-7-14(12(19)3)18(21)22/h5-6,9,11-12,14H,7-8,10H2,1-4H3,(H,21,22). The third-order valence-corrected chi connectivity index (χ3v) is 4.32. The fraction of sp³-hybridized carbons (Fsp3) is 0.556. The van der Waals surface area contributed by atoms with E-state index < -0.39 is 11.9 Å². The number of hydrogen-bond acceptors (Lipinski definition) is 4. The summed E-state index contributed by atoms with van der Waals surface area (Å²) in [5.41, 5.74) is 0.439. The zero-order chi connectivity index (χ0) is 17.9. The molecule has 1 N–H and O–H groups in total. The van der Waals surface area contributed by atoms with Crippen LogP contribution < -0.4 is 9.47 Å². The Morgan fingerprint density at radius 3 is 2.62 bits per heavy atom. The monoisotopic (exact) mass is 335 g/mol. The van der Waals surface area contributed by atoms with Gasteiger partial charge in [-0.25, -0.2) is 0 Å². The first-order valence-electron chi connectivity index (χ1n) is 8.19. The minimum atomic E-state index is -0.858. The first-order valence-corrected chi connectivity index (χ1v) is 8.19. The van der Waals surface area contributed by atoms with Gasteiger partial charge in [-0.1, -0.05) is 13.8 Å². The molecule has 0 spiro atoms. The highest BCUT2D eigenvalue weighted by Crippen LogP contribution is 2.31. The number of nitrogens with zero attached hydrogens (tertiary/aromatic N) is 1. The molecule has 24 heavy (non-hydrogen) atoms. The van der Waals surface area contributed by atoms with Gasteiger partial charge in [0, 0.05) is 18.7 Å². The number of ether oxygens (including phenoxy) is 2. The smallest absolute Gasteiger partial charge is 0.308 e. The van der Waals surface area contributed by atoms with Gasteiger partial charge in [0.15, 0.2) is 0 Å². The van der Waals surface area contributed by atoms with Crippen molar-refractivity contribution in [3.05, 3.63) is 23.8 Å². The maximum Gasteiger partial charge on any atom is 0.308 e. The van der Waals surface area contributed by atoms with Crippen molar-refractivity contribution in [2.75, 3.05) is 20.3 Å². The Labute approximate surface area is 142 Å². The number of amides is 1. The van der Waals surface area contributed by atoms with E-state index in [1.807, 2.05) is 13.8 Å². The number of carbonyl (C=O) groups excluding carboxylic acids is 1. The molecule has 6 heteroatoms. The fourth-order valence-corrected chi connectivity index (χ4v) is 2.89. The topological polar surface area (TPSA) is 76.1 Å². The molecule has 0 aromatic heterocycles. The highest BCUT2D eigenvalue weighted by molar-refractivity contribution is 5.98. The van der Waals surface area contributed by atoms with E-state index in [2.05, 4.69) is 0 Å². The molecule has 132 valence electrons. The maximum atomic E-state index is 12.9. The largest absolute Gasteiger partial charge is 0.497 e. The minimum Gasteiger partial charge on any atom is -0.497 e. The van der Waals surface area contributed by atoms with E-state index in [4.69, 9.17) is 9.47 Å². The first-order chi connectivity index (χ1) is 11.3. The van der Waals surface area contributed by atoms with Crippen LogP contribution in [0, 0.1) is 11.8 Å². The van der Waals surface area contributed by atoms with Gasteiger partial charge >= 0.3 is 5.97 Å². The molecule has 0 aliphatic carbocycles. The highest BCUT2D eigenvalue weighted by Gasteiger charge is 2.39. The van der Waals surface area contributed by atoms with E-state index in [-0.39, 0.29) is 11.9 Å². The SMILES string of the molecule is COc1ccc(C(=O)N2CCC(C(=O)O)C2C)c(OCC(C)C)c1. The number of aliphatic carboxylic acids is 1.